The second-order valence-corrected chi connectivity index (χ2v) is 9.07. The zero-order valence-electron chi connectivity index (χ0n) is 15.8. The van der Waals surface area contributed by atoms with E-state index in [-0.39, 0.29) is 11.2 Å². The Labute approximate surface area is 163 Å². The molecule has 0 heterocycles. The fraction of sp³-hybridized carbons (Fsp3) is 0.400. The maximum atomic E-state index is 5.79. The standard InChI is InChI=1S/2C10H14O2.Zr/c2*1-10(2,3)12-9-6-4-8(11)5-7-9;/h2*4-7,11H,1-3H3;/q;;+2/p-2. The number of hydrogen-bond acceptors (Lipinski definition) is 4. The molecule has 0 aliphatic heterocycles. The van der Waals surface area contributed by atoms with E-state index in [1.54, 1.807) is 0 Å². The van der Waals surface area contributed by atoms with Gasteiger partial charge in [-0.2, -0.15) is 0 Å². The van der Waals surface area contributed by atoms with Gasteiger partial charge in [0, 0.05) is 0 Å². The summed E-state index contributed by atoms with van der Waals surface area (Å²) < 4.78 is 23.1. The molecule has 0 fully saturated rings. The van der Waals surface area contributed by atoms with Gasteiger partial charge in [0.15, 0.2) is 0 Å². The molecule has 5 heteroatoms. The summed E-state index contributed by atoms with van der Waals surface area (Å²) in [7, 11) is 0. The van der Waals surface area contributed by atoms with Crippen LogP contribution in [0.1, 0.15) is 41.5 Å². The quantitative estimate of drug-likeness (QED) is 0.625. The van der Waals surface area contributed by atoms with Gasteiger partial charge in [0.05, 0.1) is 0 Å². The van der Waals surface area contributed by atoms with Gasteiger partial charge >= 0.3 is 163 Å². The second-order valence-electron chi connectivity index (χ2n) is 7.66. The second kappa shape index (κ2) is 8.27. The van der Waals surface area contributed by atoms with Crippen LogP contribution in [0.15, 0.2) is 48.5 Å². The van der Waals surface area contributed by atoms with Crippen LogP contribution in [0.5, 0.6) is 23.0 Å². The van der Waals surface area contributed by atoms with Crippen molar-refractivity contribution in [1.82, 2.24) is 0 Å². The molecule has 0 radical (unpaired) electrons. The van der Waals surface area contributed by atoms with Gasteiger partial charge in [0.1, 0.15) is 0 Å². The zero-order valence-corrected chi connectivity index (χ0v) is 18.2. The first kappa shape index (κ1) is 19.8. The van der Waals surface area contributed by atoms with Crippen molar-refractivity contribution in [2.24, 2.45) is 0 Å². The summed E-state index contributed by atoms with van der Waals surface area (Å²) >= 11 is -1.45. The van der Waals surface area contributed by atoms with Crippen LogP contribution in [0.2, 0.25) is 0 Å². The topological polar surface area (TPSA) is 36.9 Å². The average molecular weight is 422 g/mol. The number of hydrogen-bond donors (Lipinski definition) is 0. The molecule has 4 nitrogen and oxygen atoms in total. The number of benzene rings is 2. The first-order valence-corrected chi connectivity index (χ1v) is 10.3. The molecule has 0 saturated heterocycles. The summed E-state index contributed by atoms with van der Waals surface area (Å²) in [4.78, 5) is 0. The molecule has 134 valence electrons. The Kier molecular flexibility index (Phi) is 6.56. The number of ether oxygens (including phenoxy) is 2. The molecule has 2 aromatic rings. The summed E-state index contributed by atoms with van der Waals surface area (Å²) in [6.45, 7) is 12.2. The molecule has 0 aliphatic carbocycles. The van der Waals surface area contributed by atoms with Crippen molar-refractivity contribution in [3.8, 4) is 23.0 Å². The summed E-state index contributed by atoms with van der Waals surface area (Å²) in [6, 6.07) is 15.3. The van der Waals surface area contributed by atoms with Crippen LogP contribution in [0.4, 0.5) is 0 Å². The van der Waals surface area contributed by atoms with E-state index in [4.69, 9.17) is 15.1 Å². The molecule has 0 aliphatic rings. The van der Waals surface area contributed by atoms with E-state index in [0.29, 0.717) is 0 Å². The van der Waals surface area contributed by atoms with E-state index >= 15 is 0 Å². The molecule has 25 heavy (non-hydrogen) atoms. The third-order valence-electron chi connectivity index (χ3n) is 2.81. The fourth-order valence-electron chi connectivity index (χ4n) is 1.98. The third-order valence-corrected chi connectivity index (χ3v) is 4.38. The van der Waals surface area contributed by atoms with Crippen LogP contribution in [-0.2, 0) is 24.1 Å². The molecule has 0 aromatic heterocycles. The van der Waals surface area contributed by atoms with Gasteiger partial charge < -0.3 is 0 Å². The van der Waals surface area contributed by atoms with E-state index < -0.39 is 24.1 Å². The van der Waals surface area contributed by atoms with Gasteiger partial charge in [0.2, 0.25) is 0 Å². The average Bonchev–Trinajstić information content (AvgIpc) is 2.48. The molecule has 2 rings (SSSR count). The van der Waals surface area contributed by atoms with Crippen LogP contribution in [0, 0.1) is 0 Å². The Morgan fingerprint density at radius 1 is 0.520 bits per heavy atom. The minimum absolute atomic E-state index is 0.203. The van der Waals surface area contributed by atoms with Crippen molar-refractivity contribution < 1.29 is 39.2 Å². The number of rotatable bonds is 6. The fourth-order valence-corrected chi connectivity index (χ4v) is 3.22. The van der Waals surface area contributed by atoms with E-state index in [2.05, 4.69) is 0 Å². The van der Waals surface area contributed by atoms with E-state index in [1.807, 2.05) is 90.1 Å². The van der Waals surface area contributed by atoms with E-state index in [1.165, 1.54) is 0 Å². The summed E-state index contributed by atoms with van der Waals surface area (Å²) in [5, 5.41) is 0. The van der Waals surface area contributed by atoms with Crippen LogP contribution in [0.25, 0.3) is 0 Å². The van der Waals surface area contributed by atoms with Gasteiger partial charge in [-0.3, -0.25) is 0 Å². The maximum absolute atomic E-state index is 5.79. The van der Waals surface area contributed by atoms with Crippen LogP contribution in [-0.4, -0.2) is 11.2 Å². The predicted molar refractivity (Wildman–Crippen MR) is 94.9 cm³/mol. The van der Waals surface area contributed by atoms with Crippen molar-refractivity contribution >= 4 is 0 Å². The van der Waals surface area contributed by atoms with Crippen LogP contribution >= 0.6 is 0 Å². The predicted octanol–water partition coefficient (Wildman–Crippen LogP) is 5.41. The summed E-state index contributed by atoms with van der Waals surface area (Å²) in [5.41, 5.74) is -0.407. The molecule has 0 N–H and O–H groups in total. The Morgan fingerprint density at radius 2 is 0.800 bits per heavy atom. The Bertz CT molecular complexity index is 593. The van der Waals surface area contributed by atoms with Gasteiger partial charge in [-0.25, -0.2) is 0 Å². The molecule has 0 spiro atoms. The normalized spacial score (nSPS) is 11.6. The van der Waals surface area contributed by atoms with Crippen molar-refractivity contribution in [2.75, 3.05) is 0 Å². The van der Waals surface area contributed by atoms with E-state index in [9.17, 15) is 0 Å². The Balaban J connectivity index is 1.80. The molecule has 2 aromatic carbocycles. The van der Waals surface area contributed by atoms with E-state index in [0.717, 1.165) is 23.0 Å². The monoisotopic (exact) mass is 420 g/mol. The van der Waals surface area contributed by atoms with Gasteiger partial charge in [-0.15, -0.1) is 0 Å². The molecule has 0 saturated carbocycles. The first-order valence-electron chi connectivity index (χ1n) is 8.28. The zero-order chi connectivity index (χ0) is 18.5. The van der Waals surface area contributed by atoms with Crippen LogP contribution < -0.4 is 15.1 Å². The molecule has 0 atom stereocenters. The van der Waals surface area contributed by atoms with Crippen molar-refractivity contribution in [3.05, 3.63) is 48.5 Å². The summed E-state index contributed by atoms with van der Waals surface area (Å²) in [5.74, 6) is 3.28. The third kappa shape index (κ3) is 7.96. The minimum atomic E-state index is -1.45. The van der Waals surface area contributed by atoms with Gasteiger partial charge in [-0.05, 0) is 0 Å². The molecular weight excluding hydrogens is 395 g/mol. The molecule has 0 bridgehead atoms. The molecule has 0 amide bonds. The SMILES string of the molecule is CC(C)(C)Oc1ccc([O][Zr][O]c2ccc(OC(C)(C)C)cc2)cc1. The van der Waals surface area contributed by atoms with Crippen LogP contribution in [0.3, 0.4) is 0 Å². The Hall–Kier alpha value is -1.48. The summed E-state index contributed by atoms with van der Waals surface area (Å²) in [6.07, 6.45) is 0. The van der Waals surface area contributed by atoms with Gasteiger partial charge in [-0.1, -0.05) is 0 Å². The van der Waals surface area contributed by atoms with Crippen molar-refractivity contribution in [3.63, 3.8) is 0 Å². The van der Waals surface area contributed by atoms with Crippen molar-refractivity contribution in [1.29, 1.82) is 0 Å². The van der Waals surface area contributed by atoms with Gasteiger partial charge in [0.25, 0.3) is 0 Å². The first-order chi connectivity index (χ1) is 11.6. The molecular formula is C20H26O4Zr. The van der Waals surface area contributed by atoms with Crippen molar-refractivity contribution in [2.45, 2.75) is 52.7 Å². The Morgan fingerprint density at radius 3 is 1.08 bits per heavy atom. The molecule has 0 unspecified atom stereocenters.